The number of nitrogens with zero attached hydrogens (tertiary/aromatic N) is 1. The molecule has 1 heterocycles. The first-order chi connectivity index (χ1) is 15.0. The van der Waals surface area contributed by atoms with E-state index in [0.29, 0.717) is 16.3 Å². The molecule has 1 saturated heterocycles. The number of barbiturate groups is 1. The van der Waals surface area contributed by atoms with Gasteiger partial charge in [0.2, 0.25) is 0 Å². The first-order valence-electron chi connectivity index (χ1n) is 10.4. The van der Waals surface area contributed by atoms with Crippen LogP contribution in [0.1, 0.15) is 43.2 Å². The van der Waals surface area contributed by atoms with Crippen LogP contribution in [0.15, 0.2) is 54.1 Å². The van der Waals surface area contributed by atoms with Crippen LogP contribution in [-0.4, -0.2) is 28.8 Å². The van der Waals surface area contributed by atoms with Crippen LogP contribution < -0.4 is 10.1 Å². The highest BCUT2D eigenvalue weighted by molar-refractivity contribution is 6.31. The van der Waals surface area contributed by atoms with Crippen LogP contribution in [0.2, 0.25) is 5.02 Å². The summed E-state index contributed by atoms with van der Waals surface area (Å²) in [5.41, 5.74) is 1.33. The van der Waals surface area contributed by atoms with Gasteiger partial charge >= 0.3 is 6.03 Å². The maximum Gasteiger partial charge on any atom is 0.331 e. The maximum absolute atomic E-state index is 13.1. The van der Waals surface area contributed by atoms with Crippen LogP contribution in [0.25, 0.3) is 6.08 Å². The maximum atomic E-state index is 13.1. The highest BCUT2D eigenvalue weighted by Gasteiger charge is 2.40. The molecule has 2 aromatic carbocycles. The van der Waals surface area contributed by atoms with Crippen molar-refractivity contribution >= 4 is 35.5 Å². The Morgan fingerprint density at radius 1 is 1.00 bits per heavy atom. The highest BCUT2D eigenvalue weighted by atomic mass is 35.5. The van der Waals surface area contributed by atoms with E-state index in [4.69, 9.17) is 16.3 Å². The molecule has 2 fully saturated rings. The monoisotopic (exact) mass is 438 g/mol. The molecule has 1 aliphatic heterocycles. The molecule has 0 bridgehead atoms. The van der Waals surface area contributed by atoms with Crippen molar-refractivity contribution < 1.29 is 19.1 Å². The fourth-order valence-electron chi connectivity index (χ4n) is 4.00. The molecule has 1 aliphatic carbocycles. The van der Waals surface area contributed by atoms with Crippen LogP contribution in [-0.2, 0) is 16.2 Å². The molecule has 160 valence electrons. The van der Waals surface area contributed by atoms with E-state index in [2.05, 4.69) is 5.32 Å². The number of carbonyl (C=O) groups is 3. The van der Waals surface area contributed by atoms with Crippen molar-refractivity contribution in [2.75, 3.05) is 0 Å². The van der Waals surface area contributed by atoms with Crippen molar-refractivity contribution in [3.63, 3.8) is 0 Å². The van der Waals surface area contributed by atoms with E-state index in [1.165, 1.54) is 11.0 Å². The standard InChI is InChI=1S/C24H23ClN2O4/c25-20-12-6-4-9-17(20)15-31-21-13-7-5-8-16(21)14-19-22(28)26-24(30)27(23(19)29)18-10-2-1-3-11-18/h4-9,12-14,18H,1-3,10-11,15H2,(H,26,28,30)/b19-14+. The van der Waals surface area contributed by atoms with E-state index < -0.39 is 17.8 Å². The molecule has 1 N–H and O–H groups in total. The third-order valence-corrected chi connectivity index (χ3v) is 6.00. The zero-order valence-corrected chi connectivity index (χ0v) is 17.7. The minimum absolute atomic E-state index is 0.0704. The Labute approximate surface area is 185 Å². The number of benzene rings is 2. The lowest BCUT2D eigenvalue weighted by molar-refractivity contribution is -0.132. The molecule has 0 aromatic heterocycles. The zero-order valence-electron chi connectivity index (χ0n) is 17.0. The van der Waals surface area contributed by atoms with Crippen molar-refractivity contribution in [2.45, 2.75) is 44.8 Å². The summed E-state index contributed by atoms with van der Waals surface area (Å²) in [7, 11) is 0. The SMILES string of the molecule is O=C1NC(=O)N(C2CCCCC2)C(=O)/C1=C/c1ccccc1OCc1ccccc1Cl. The molecular weight excluding hydrogens is 416 g/mol. The van der Waals surface area contributed by atoms with Gasteiger partial charge in [-0.15, -0.1) is 0 Å². The normalized spacial score (nSPS) is 18.9. The van der Waals surface area contributed by atoms with E-state index >= 15 is 0 Å². The van der Waals surface area contributed by atoms with E-state index in [0.717, 1.165) is 37.7 Å². The van der Waals surface area contributed by atoms with Crippen molar-refractivity contribution in [1.29, 1.82) is 0 Å². The first kappa shape index (κ1) is 21.1. The molecular formula is C24H23ClN2O4. The number of ether oxygens (including phenoxy) is 1. The fraction of sp³-hybridized carbons (Fsp3) is 0.292. The number of carbonyl (C=O) groups excluding carboxylic acids is 3. The lowest BCUT2D eigenvalue weighted by Gasteiger charge is -2.35. The number of halogens is 1. The van der Waals surface area contributed by atoms with Crippen LogP contribution in [0.5, 0.6) is 5.75 Å². The number of hydrogen-bond donors (Lipinski definition) is 1. The molecule has 6 nitrogen and oxygen atoms in total. The Bertz CT molecular complexity index is 1040. The largest absolute Gasteiger partial charge is 0.488 e. The molecule has 0 unspecified atom stereocenters. The zero-order chi connectivity index (χ0) is 21.8. The summed E-state index contributed by atoms with van der Waals surface area (Å²) in [4.78, 5) is 39.2. The van der Waals surface area contributed by atoms with Gasteiger partial charge in [-0.25, -0.2) is 4.79 Å². The Morgan fingerprint density at radius 3 is 2.48 bits per heavy atom. The Morgan fingerprint density at radius 2 is 1.71 bits per heavy atom. The quantitative estimate of drug-likeness (QED) is 0.541. The number of rotatable bonds is 5. The molecule has 2 aromatic rings. The average molecular weight is 439 g/mol. The molecule has 1 saturated carbocycles. The Hall–Kier alpha value is -3.12. The topological polar surface area (TPSA) is 75.7 Å². The fourth-order valence-corrected chi connectivity index (χ4v) is 4.19. The van der Waals surface area contributed by atoms with Gasteiger partial charge < -0.3 is 4.74 Å². The Balaban J connectivity index is 1.59. The minimum atomic E-state index is -0.692. The molecule has 0 spiro atoms. The summed E-state index contributed by atoms with van der Waals surface area (Å²) in [5, 5.41) is 2.91. The number of para-hydroxylation sites is 1. The van der Waals surface area contributed by atoms with Gasteiger partial charge in [-0.1, -0.05) is 67.3 Å². The van der Waals surface area contributed by atoms with Crippen LogP contribution in [0.3, 0.4) is 0 Å². The summed E-state index contributed by atoms with van der Waals surface area (Å²) in [6.07, 6.45) is 6.04. The molecule has 4 amide bonds. The summed E-state index contributed by atoms with van der Waals surface area (Å²) in [6, 6.07) is 13.7. The molecule has 31 heavy (non-hydrogen) atoms. The molecule has 4 rings (SSSR count). The smallest absolute Gasteiger partial charge is 0.331 e. The predicted octanol–water partition coefficient (Wildman–Crippen LogP) is 4.71. The second-order valence-corrected chi connectivity index (χ2v) is 8.11. The summed E-state index contributed by atoms with van der Waals surface area (Å²) >= 11 is 6.20. The van der Waals surface area contributed by atoms with E-state index in [1.807, 2.05) is 24.3 Å². The lowest BCUT2D eigenvalue weighted by atomic mass is 9.93. The van der Waals surface area contributed by atoms with Gasteiger partial charge in [0.05, 0.1) is 0 Å². The number of amides is 4. The number of imide groups is 2. The van der Waals surface area contributed by atoms with Crippen molar-refractivity contribution in [1.82, 2.24) is 10.2 Å². The third kappa shape index (κ3) is 4.64. The molecule has 0 radical (unpaired) electrons. The van der Waals surface area contributed by atoms with E-state index in [9.17, 15) is 14.4 Å². The summed E-state index contributed by atoms with van der Waals surface area (Å²) in [6.45, 7) is 0.243. The van der Waals surface area contributed by atoms with Gasteiger partial charge in [-0.3, -0.25) is 19.8 Å². The van der Waals surface area contributed by atoms with Gasteiger partial charge in [0.25, 0.3) is 11.8 Å². The minimum Gasteiger partial charge on any atom is -0.488 e. The van der Waals surface area contributed by atoms with Crippen LogP contribution in [0.4, 0.5) is 4.79 Å². The predicted molar refractivity (Wildman–Crippen MR) is 117 cm³/mol. The summed E-state index contributed by atoms with van der Waals surface area (Å²) in [5.74, 6) is -0.735. The lowest BCUT2D eigenvalue weighted by Crippen LogP contribution is -2.58. The summed E-state index contributed by atoms with van der Waals surface area (Å²) < 4.78 is 5.93. The van der Waals surface area contributed by atoms with Crippen LogP contribution in [0, 0.1) is 0 Å². The van der Waals surface area contributed by atoms with Crippen molar-refractivity contribution in [3.8, 4) is 5.75 Å². The number of nitrogens with one attached hydrogen (secondary N) is 1. The average Bonchev–Trinajstić information content (AvgIpc) is 2.77. The van der Waals surface area contributed by atoms with E-state index in [1.54, 1.807) is 24.3 Å². The van der Waals surface area contributed by atoms with Gasteiger partial charge in [0, 0.05) is 22.2 Å². The number of urea groups is 1. The molecule has 0 atom stereocenters. The van der Waals surface area contributed by atoms with Gasteiger partial charge in [-0.05, 0) is 31.1 Å². The first-order valence-corrected chi connectivity index (χ1v) is 10.8. The van der Waals surface area contributed by atoms with Crippen molar-refractivity contribution in [3.05, 3.63) is 70.3 Å². The van der Waals surface area contributed by atoms with Gasteiger partial charge in [0.1, 0.15) is 17.9 Å². The molecule has 7 heteroatoms. The highest BCUT2D eigenvalue weighted by Crippen LogP contribution is 2.28. The van der Waals surface area contributed by atoms with Gasteiger partial charge in [-0.2, -0.15) is 0 Å². The Kier molecular flexibility index (Phi) is 6.37. The van der Waals surface area contributed by atoms with E-state index in [-0.39, 0.29) is 18.2 Å². The molecule has 2 aliphatic rings. The van der Waals surface area contributed by atoms with Crippen molar-refractivity contribution in [2.24, 2.45) is 0 Å². The number of hydrogen-bond acceptors (Lipinski definition) is 4. The van der Waals surface area contributed by atoms with Crippen LogP contribution >= 0.6 is 11.6 Å². The second-order valence-electron chi connectivity index (χ2n) is 7.70. The van der Waals surface area contributed by atoms with Gasteiger partial charge in [0.15, 0.2) is 0 Å². The second kappa shape index (κ2) is 9.35. The third-order valence-electron chi connectivity index (χ3n) is 5.63.